The van der Waals surface area contributed by atoms with E-state index >= 15 is 0 Å². The van der Waals surface area contributed by atoms with Crippen molar-refractivity contribution >= 4 is 32.5 Å². The van der Waals surface area contributed by atoms with Gasteiger partial charge in [0.1, 0.15) is 0 Å². The number of fused-ring (bicyclic) bond motifs is 1. The van der Waals surface area contributed by atoms with E-state index < -0.39 is 33.9 Å². The SMILES string of the molecule is CCCCCn1nc(C(=O)OC(C)C(=O)N(C)C2CCS(=O)(=O)C2)c2ccccc2c1=O. The van der Waals surface area contributed by atoms with Crippen LogP contribution in [0.1, 0.15) is 50.0 Å². The number of unbranched alkanes of at least 4 members (excludes halogenated alkanes) is 2. The van der Waals surface area contributed by atoms with Gasteiger partial charge in [-0.25, -0.2) is 17.9 Å². The first-order valence-electron chi connectivity index (χ1n) is 10.8. The highest BCUT2D eigenvalue weighted by Crippen LogP contribution is 2.19. The van der Waals surface area contributed by atoms with Crippen molar-refractivity contribution in [3.05, 3.63) is 40.3 Å². The zero-order valence-electron chi connectivity index (χ0n) is 18.6. The summed E-state index contributed by atoms with van der Waals surface area (Å²) in [6.07, 6.45) is 1.89. The fourth-order valence-electron chi connectivity index (χ4n) is 3.86. The topological polar surface area (TPSA) is 116 Å². The molecule has 1 aromatic heterocycles. The number of esters is 1. The van der Waals surface area contributed by atoms with Crippen LogP contribution in [0.4, 0.5) is 0 Å². The molecule has 2 heterocycles. The molecule has 9 nitrogen and oxygen atoms in total. The fourth-order valence-corrected chi connectivity index (χ4v) is 5.64. The molecule has 1 aliphatic rings. The molecule has 1 aromatic carbocycles. The van der Waals surface area contributed by atoms with E-state index in [-0.39, 0.29) is 22.8 Å². The van der Waals surface area contributed by atoms with E-state index in [0.29, 0.717) is 23.7 Å². The first-order chi connectivity index (χ1) is 15.1. The lowest BCUT2D eigenvalue weighted by atomic mass is 10.1. The summed E-state index contributed by atoms with van der Waals surface area (Å²) < 4.78 is 30.1. The highest BCUT2D eigenvalue weighted by molar-refractivity contribution is 7.91. The predicted molar refractivity (Wildman–Crippen MR) is 120 cm³/mol. The van der Waals surface area contributed by atoms with Gasteiger partial charge in [-0.1, -0.05) is 38.0 Å². The number of sulfone groups is 1. The molecule has 1 saturated heterocycles. The number of likely N-dealkylation sites (N-methyl/N-ethyl adjacent to an activating group) is 1. The molecule has 174 valence electrons. The van der Waals surface area contributed by atoms with Crippen LogP contribution in [0.25, 0.3) is 10.8 Å². The van der Waals surface area contributed by atoms with Gasteiger partial charge >= 0.3 is 5.97 Å². The second-order valence-corrected chi connectivity index (χ2v) is 10.4. The number of rotatable bonds is 8. The molecule has 0 radical (unpaired) electrons. The number of hydrogen-bond acceptors (Lipinski definition) is 7. The Morgan fingerprint density at radius 2 is 1.94 bits per heavy atom. The normalized spacial score (nSPS) is 18.4. The van der Waals surface area contributed by atoms with Crippen molar-refractivity contribution < 1.29 is 22.7 Å². The summed E-state index contributed by atoms with van der Waals surface area (Å²) in [6.45, 7) is 3.88. The number of aromatic nitrogens is 2. The van der Waals surface area contributed by atoms with Crippen LogP contribution in [0.3, 0.4) is 0 Å². The van der Waals surface area contributed by atoms with E-state index in [0.717, 1.165) is 19.3 Å². The van der Waals surface area contributed by atoms with Crippen LogP contribution in [0.2, 0.25) is 0 Å². The van der Waals surface area contributed by atoms with E-state index in [1.54, 1.807) is 24.3 Å². The zero-order chi connectivity index (χ0) is 23.5. The van der Waals surface area contributed by atoms with Gasteiger partial charge in [0, 0.05) is 25.0 Å². The van der Waals surface area contributed by atoms with Crippen molar-refractivity contribution in [1.82, 2.24) is 14.7 Å². The second-order valence-electron chi connectivity index (χ2n) is 8.18. The van der Waals surface area contributed by atoms with Crippen LogP contribution < -0.4 is 5.56 Å². The Morgan fingerprint density at radius 3 is 2.56 bits per heavy atom. The Hall–Kier alpha value is -2.75. The molecule has 32 heavy (non-hydrogen) atoms. The molecule has 2 atom stereocenters. The molecular weight excluding hydrogens is 434 g/mol. The zero-order valence-corrected chi connectivity index (χ0v) is 19.4. The second kappa shape index (κ2) is 9.81. The van der Waals surface area contributed by atoms with Crippen molar-refractivity contribution in [3.8, 4) is 0 Å². The summed E-state index contributed by atoms with van der Waals surface area (Å²) in [6, 6.07) is 6.23. The average molecular weight is 464 g/mol. The number of amides is 1. The van der Waals surface area contributed by atoms with Crippen molar-refractivity contribution in [2.24, 2.45) is 0 Å². The standard InChI is InChI=1S/C22H29N3O6S/c1-4-5-8-12-25-21(27)18-10-7-6-9-17(18)19(23-25)22(28)31-15(2)20(26)24(3)16-11-13-32(29,30)14-16/h6-7,9-10,15-16H,4-5,8,11-14H2,1-3H3. The minimum atomic E-state index is -3.15. The molecule has 0 N–H and O–H groups in total. The summed E-state index contributed by atoms with van der Waals surface area (Å²) in [5, 5.41) is 4.98. The molecule has 3 rings (SSSR count). The van der Waals surface area contributed by atoms with Crippen LogP contribution in [-0.4, -0.2) is 65.7 Å². The third kappa shape index (κ3) is 5.17. The highest BCUT2D eigenvalue weighted by Gasteiger charge is 2.35. The van der Waals surface area contributed by atoms with E-state index in [1.165, 1.54) is 23.6 Å². The quantitative estimate of drug-likeness (QED) is 0.433. The van der Waals surface area contributed by atoms with Gasteiger partial charge in [-0.05, 0) is 25.8 Å². The Morgan fingerprint density at radius 1 is 1.25 bits per heavy atom. The number of ether oxygens (including phenoxy) is 1. The van der Waals surface area contributed by atoms with Crippen LogP contribution >= 0.6 is 0 Å². The largest absolute Gasteiger partial charge is 0.448 e. The summed E-state index contributed by atoms with van der Waals surface area (Å²) in [5.74, 6) is -1.34. The third-order valence-electron chi connectivity index (χ3n) is 5.77. The van der Waals surface area contributed by atoms with Gasteiger partial charge in [0.05, 0.1) is 16.9 Å². The fraction of sp³-hybridized carbons (Fsp3) is 0.545. The molecule has 1 amide bonds. The number of carbonyl (C=O) groups is 2. The van der Waals surface area contributed by atoms with Crippen molar-refractivity contribution in [1.29, 1.82) is 0 Å². The number of benzene rings is 1. The smallest absolute Gasteiger partial charge is 0.360 e. The van der Waals surface area contributed by atoms with E-state index in [4.69, 9.17) is 4.74 Å². The lowest BCUT2D eigenvalue weighted by Crippen LogP contribution is -2.44. The summed E-state index contributed by atoms with van der Waals surface area (Å²) in [4.78, 5) is 39.8. The molecular formula is C22H29N3O6S. The lowest BCUT2D eigenvalue weighted by molar-refractivity contribution is -0.140. The number of aryl methyl sites for hydroxylation is 1. The predicted octanol–water partition coefficient (Wildman–Crippen LogP) is 1.78. The maximum absolute atomic E-state index is 12.9. The molecule has 0 bridgehead atoms. The Bertz CT molecular complexity index is 1170. The number of nitrogens with zero attached hydrogens (tertiary/aromatic N) is 3. The molecule has 2 aromatic rings. The summed E-state index contributed by atoms with van der Waals surface area (Å²) in [5.41, 5.74) is -0.304. The first-order valence-corrected chi connectivity index (χ1v) is 12.6. The summed E-state index contributed by atoms with van der Waals surface area (Å²) >= 11 is 0. The van der Waals surface area contributed by atoms with E-state index in [9.17, 15) is 22.8 Å². The van der Waals surface area contributed by atoms with Gasteiger partial charge in [0.25, 0.3) is 11.5 Å². The molecule has 0 aliphatic carbocycles. The Balaban J connectivity index is 1.82. The van der Waals surface area contributed by atoms with Crippen LogP contribution in [-0.2, 0) is 25.9 Å². The Kier molecular flexibility index (Phi) is 7.33. The molecule has 0 spiro atoms. The minimum Gasteiger partial charge on any atom is -0.448 e. The lowest BCUT2D eigenvalue weighted by Gasteiger charge is -2.26. The minimum absolute atomic E-state index is 0.0255. The maximum Gasteiger partial charge on any atom is 0.360 e. The third-order valence-corrected chi connectivity index (χ3v) is 7.52. The maximum atomic E-state index is 12.9. The van der Waals surface area contributed by atoms with Crippen molar-refractivity contribution in [2.75, 3.05) is 18.6 Å². The molecule has 1 aliphatic heterocycles. The average Bonchev–Trinajstić information content (AvgIpc) is 3.14. The monoisotopic (exact) mass is 463 g/mol. The summed E-state index contributed by atoms with van der Waals surface area (Å²) in [7, 11) is -1.64. The molecule has 1 fully saturated rings. The van der Waals surface area contributed by atoms with E-state index in [2.05, 4.69) is 12.0 Å². The van der Waals surface area contributed by atoms with Crippen molar-refractivity contribution in [3.63, 3.8) is 0 Å². The van der Waals surface area contributed by atoms with Crippen molar-refractivity contribution in [2.45, 2.75) is 58.2 Å². The van der Waals surface area contributed by atoms with Crippen LogP contribution in [0, 0.1) is 0 Å². The highest BCUT2D eigenvalue weighted by atomic mass is 32.2. The van der Waals surface area contributed by atoms with Crippen LogP contribution in [0.15, 0.2) is 29.1 Å². The van der Waals surface area contributed by atoms with Crippen LogP contribution in [0.5, 0.6) is 0 Å². The van der Waals surface area contributed by atoms with Gasteiger partial charge < -0.3 is 9.64 Å². The van der Waals surface area contributed by atoms with Gasteiger partial charge in [0.15, 0.2) is 21.6 Å². The Labute approximate surface area is 187 Å². The van der Waals surface area contributed by atoms with Gasteiger partial charge in [0.2, 0.25) is 0 Å². The molecule has 2 unspecified atom stereocenters. The van der Waals surface area contributed by atoms with E-state index in [1.807, 2.05) is 0 Å². The number of hydrogen-bond donors (Lipinski definition) is 0. The van der Waals surface area contributed by atoms with Gasteiger partial charge in [-0.3, -0.25) is 9.59 Å². The molecule has 0 saturated carbocycles. The van der Waals surface area contributed by atoms with Gasteiger partial charge in [-0.2, -0.15) is 5.10 Å². The first kappa shape index (κ1) is 23.9. The van der Waals surface area contributed by atoms with Gasteiger partial charge in [-0.15, -0.1) is 0 Å². The molecule has 10 heteroatoms. The number of carbonyl (C=O) groups excluding carboxylic acids is 2.